The van der Waals surface area contributed by atoms with E-state index in [2.05, 4.69) is 30.2 Å². The van der Waals surface area contributed by atoms with Crippen LogP contribution in [0.15, 0.2) is 24.4 Å². The van der Waals surface area contributed by atoms with Crippen molar-refractivity contribution in [3.05, 3.63) is 35.9 Å². The van der Waals surface area contributed by atoms with E-state index in [0.29, 0.717) is 31.1 Å². The number of anilines is 2. The van der Waals surface area contributed by atoms with Crippen LogP contribution >= 0.6 is 0 Å². The van der Waals surface area contributed by atoms with Crippen LogP contribution in [0.4, 0.5) is 24.9 Å². The molecule has 1 saturated heterocycles. The van der Waals surface area contributed by atoms with Crippen molar-refractivity contribution in [3.8, 4) is 0 Å². The summed E-state index contributed by atoms with van der Waals surface area (Å²) in [6.45, 7) is 4.23. The first-order valence-electron chi connectivity index (χ1n) is 8.51. The summed E-state index contributed by atoms with van der Waals surface area (Å²) in [7, 11) is 0. The third-order valence-electron chi connectivity index (χ3n) is 4.44. The Morgan fingerprint density at radius 3 is 2.56 bits per heavy atom. The van der Waals surface area contributed by atoms with Gasteiger partial charge in [0.05, 0.1) is 0 Å². The summed E-state index contributed by atoms with van der Waals surface area (Å²) in [5.41, 5.74) is -0.256. The standard InChI is InChI=1S/C16H17F3N8/c1-11-22-23-13-3-4-14(24-27(11)13)25-7-2-8-26(10-9-25)15-20-6-5-12(21-15)16(17,18)19/h3-6H,2,7-10H2,1H3. The van der Waals surface area contributed by atoms with E-state index in [0.717, 1.165) is 31.0 Å². The molecule has 8 nitrogen and oxygen atoms in total. The quantitative estimate of drug-likeness (QED) is 0.675. The predicted molar refractivity (Wildman–Crippen MR) is 91.6 cm³/mol. The molecule has 0 radical (unpaired) electrons. The summed E-state index contributed by atoms with van der Waals surface area (Å²) >= 11 is 0. The van der Waals surface area contributed by atoms with Crippen LogP contribution < -0.4 is 9.80 Å². The molecule has 1 aliphatic rings. The van der Waals surface area contributed by atoms with Gasteiger partial charge in [0.25, 0.3) is 0 Å². The number of fused-ring (bicyclic) bond motifs is 1. The molecular weight excluding hydrogens is 361 g/mol. The van der Waals surface area contributed by atoms with Crippen LogP contribution in [0.2, 0.25) is 0 Å². The molecule has 142 valence electrons. The average Bonchev–Trinajstić information content (AvgIpc) is 2.87. The maximum Gasteiger partial charge on any atom is 0.433 e. The topological polar surface area (TPSA) is 75.3 Å². The normalized spacial score (nSPS) is 16.0. The van der Waals surface area contributed by atoms with Crippen LogP contribution in [0.5, 0.6) is 0 Å². The third kappa shape index (κ3) is 3.49. The molecule has 0 spiro atoms. The monoisotopic (exact) mass is 378 g/mol. The lowest BCUT2D eigenvalue weighted by Gasteiger charge is -2.23. The molecule has 0 amide bonds. The summed E-state index contributed by atoms with van der Waals surface area (Å²) in [5.74, 6) is 1.57. The largest absolute Gasteiger partial charge is 0.433 e. The van der Waals surface area contributed by atoms with E-state index in [1.165, 1.54) is 0 Å². The predicted octanol–water partition coefficient (Wildman–Crippen LogP) is 1.96. The first-order valence-corrected chi connectivity index (χ1v) is 8.51. The first-order chi connectivity index (χ1) is 12.9. The summed E-state index contributed by atoms with van der Waals surface area (Å²) in [4.78, 5) is 11.6. The molecule has 0 atom stereocenters. The molecule has 0 bridgehead atoms. The van der Waals surface area contributed by atoms with Crippen LogP contribution in [-0.4, -0.2) is 56.0 Å². The number of hydrogen-bond acceptors (Lipinski definition) is 7. The van der Waals surface area contributed by atoms with Gasteiger partial charge in [-0.15, -0.1) is 15.3 Å². The first kappa shape index (κ1) is 17.4. The highest BCUT2D eigenvalue weighted by atomic mass is 19.4. The highest BCUT2D eigenvalue weighted by Crippen LogP contribution is 2.28. The van der Waals surface area contributed by atoms with Gasteiger partial charge in [-0.1, -0.05) is 0 Å². The van der Waals surface area contributed by atoms with Crippen molar-refractivity contribution in [2.24, 2.45) is 0 Å². The van der Waals surface area contributed by atoms with Crippen molar-refractivity contribution in [1.82, 2.24) is 29.8 Å². The van der Waals surface area contributed by atoms with Gasteiger partial charge in [0.2, 0.25) is 5.95 Å². The molecule has 0 N–H and O–H groups in total. The molecule has 3 aromatic rings. The fourth-order valence-electron chi connectivity index (χ4n) is 3.06. The Morgan fingerprint density at radius 2 is 1.74 bits per heavy atom. The van der Waals surface area contributed by atoms with Crippen molar-refractivity contribution in [2.75, 3.05) is 36.0 Å². The lowest BCUT2D eigenvalue weighted by Crippen LogP contribution is -2.32. The highest BCUT2D eigenvalue weighted by molar-refractivity contribution is 5.46. The van der Waals surface area contributed by atoms with Gasteiger partial charge in [-0.3, -0.25) is 0 Å². The van der Waals surface area contributed by atoms with E-state index in [1.807, 2.05) is 19.1 Å². The van der Waals surface area contributed by atoms with Crippen molar-refractivity contribution in [2.45, 2.75) is 19.5 Å². The molecule has 4 heterocycles. The van der Waals surface area contributed by atoms with E-state index in [-0.39, 0.29) is 5.95 Å². The Kier molecular flexibility index (Phi) is 4.28. The van der Waals surface area contributed by atoms with Gasteiger partial charge in [0.1, 0.15) is 11.5 Å². The van der Waals surface area contributed by atoms with Crippen LogP contribution in [-0.2, 0) is 6.18 Å². The number of aryl methyl sites for hydroxylation is 1. The van der Waals surface area contributed by atoms with E-state index in [9.17, 15) is 13.2 Å². The van der Waals surface area contributed by atoms with Gasteiger partial charge < -0.3 is 9.80 Å². The number of halogens is 3. The van der Waals surface area contributed by atoms with Gasteiger partial charge in [0.15, 0.2) is 11.5 Å². The Bertz CT molecular complexity index is 954. The van der Waals surface area contributed by atoms with Gasteiger partial charge in [-0.2, -0.15) is 17.7 Å². The smallest absolute Gasteiger partial charge is 0.353 e. The maximum absolute atomic E-state index is 12.9. The second-order valence-corrected chi connectivity index (χ2v) is 6.28. The van der Waals surface area contributed by atoms with Gasteiger partial charge in [-0.05, 0) is 31.5 Å². The number of nitrogens with zero attached hydrogens (tertiary/aromatic N) is 8. The van der Waals surface area contributed by atoms with Crippen molar-refractivity contribution < 1.29 is 13.2 Å². The van der Waals surface area contributed by atoms with Gasteiger partial charge >= 0.3 is 6.18 Å². The molecule has 27 heavy (non-hydrogen) atoms. The van der Waals surface area contributed by atoms with Gasteiger partial charge in [0, 0.05) is 32.4 Å². The van der Waals surface area contributed by atoms with Crippen molar-refractivity contribution in [3.63, 3.8) is 0 Å². The van der Waals surface area contributed by atoms with Gasteiger partial charge in [-0.25, -0.2) is 9.97 Å². The van der Waals surface area contributed by atoms with Crippen LogP contribution in [0.25, 0.3) is 5.65 Å². The summed E-state index contributed by atoms with van der Waals surface area (Å²) in [5, 5.41) is 12.6. The zero-order chi connectivity index (χ0) is 19.0. The second-order valence-electron chi connectivity index (χ2n) is 6.28. The highest BCUT2D eigenvalue weighted by Gasteiger charge is 2.33. The zero-order valence-electron chi connectivity index (χ0n) is 14.6. The molecule has 0 saturated carbocycles. The minimum atomic E-state index is -4.48. The van der Waals surface area contributed by atoms with Crippen LogP contribution in [0.3, 0.4) is 0 Å². The SMILES string of the molecule is Cc1nnc2ccc(N3CCCN(c4nccc(C(F)(F)F)n4)CC3)nn12. The number of hydrogen-bond donors (Lipinski definition) is 0. The minimum Gasteiger partial charge on any atom is -0.353 e. The van der Waals surface area contributed by atoms with E-state index < -0.39 is 11.9 Å². The van der Waals surface area contributed by atoms with E-state index in [4.69, 9.17) is 0 Å². The van der Waals surface area contributed by atoms with Crippen molar-refractivity contribution in [1.29, 1.82) is 0 Å². The second kappa shape index (κ2) is 6.63. The Morgan fingerprint density at radius 1 is 0.963 bits per heavy atom. The van der Waals surface area contributed by atoms with Crippen LogP contribution in [0.1, 0.15) is 17.9 Å². The molecule has 1 fully saturated rings. The summed E-state index contributed by atoms with van der Waals surface area (Å²) < 4.78 is 40.4. The summed E-state index contributed by atoms with van der Waals surface area (Å²) in [6, 6.07) is 4.61. The molecule has 3 aromatic heterocycles. The lowest BCUT2D eigenvalue weighted by molar-refractivity contribution is -0.141. The number of rotatable bonds is 2. The molecule has 4 rings (SSSR count). The molecule has 11 heteroatoms. The number of alkyl halides is 3. The third-order valence-corrected chi connectivity index (χ3v) is 4.44. The fraction of sp³-hybridized carbons (Fsp3) is 0.438. The Balaban J connectivity index is 1.52. The molecular formula is C16H17F3N8. The minimum absolute atomic E-state index is 0.102. The lowest BCUT2D eigenvalue weighted by atomic mass is 10.3. The average molecular weight is 378 g/mol. The van der Waals surface area contributed by atoms with E-state index >= 15 is 0 Å². The van der Waals surface area contributed by atoms with Crippen molar-refractivity contribution >= 4 is 17.4 Å². The fourth-order valence-corrected chi connectivity index (χ4v) is 3.06. The Hall–Kier alpha value is -2.98. The molecule has 0 unspecified atom stereocenters. The molecule has 1 aliphatic heterocycles. The van der Waals surface area contributed by atoms with Crippen LogP contribution in [0, 0.1) is 6.92 Å². The number of aromatic nitrogens is 6. The Labute approximate surface area is 152 Å². The zero-order valence-corrected chi connectivity index (χ0v) is 14.6. The van der Waals surface area contributed by atoms with E-state index in [1.54, 1.807) is 9.42 Å². The maximum atomic E-state index is 12.9. The molecule has 0 aromatic carbocycles. The summed E-state index contributed by atoms with van der Waals surface area (Å²) in [6.07, 6.45) is -2.58. The molecule has 0 aliphatic carbocycles.